The number of para-hydroxylation sites is 1. The number of carbonyl (C=O) groups excluding carboxylic acids is 1. The van der Waals surface area contributed by atoms with Gasteiger partial charge >= 0.3 is 0 Å². The summed E-state index contributed by atoms with van der Waals surface area (Å²) in [7, 11) is 0. The average molecular weight is 437 g/mol. The zero-order valence-corrected chi connectivity index (χ0v) is 18.3. The number of rotatable bonds is 5. The van der Waals surface area contributed by atoms with E-state index in [1.165, 1.54) is 12.8 Å². The van der Waals surface area contributed by atoms with E-state index in [2.05, 4.69) is 28.5 Å². The van der Waals surface area contributed by atoms with Crippen molar-refractivity contribution >= 4 is 48.0 Å². The third-order valence-electron chi connectivity index (χ3n) is 5.68. The van der Waals surface area contributed by atoms with Crippen molar-refractivity contribution in [2.24, 2.45) is 11.8 Å². The zero-order chi connectivity index (χ0) is 17.6. The number of carbonyl (C=O) groups is 1. The quantitative estimate of drug-likeness (QED) is 0.723. The van der Waals surface area contributed by atoms with E-state index < -0.39 is 0 Å². The molecule has 154 valence electrons. The van der Waals surface area contributed by atoms with Crippen LogP contribution in [0.4, 0.5) is 5.69 Å². The molecule has 2 atom stereocenters. The maximum absolute atomic E-state index is 12.5. The van der Waals surface area contributed by atoms with Gasteiger partial charge in [0.05, 0.1) is 10.7 Å². The average Bonchev–Trinajstić information content (AvgIpc) is 2.63. The van der Waals surface area contributed by atoms with Gasteiger partial charge < -0.3 is 15.5 Å². The maximum Gasteiger partial charge on any atom is 0.220 e. The van der Waals surface area contributed by atoms with Crippen LogP contribution in [0.2, 0.25) is 5.02 Å². The molecule has 0 aliphatic carbocycles. The first-order valence-corrected chi connectivity index (χ1v) is 10.0. The van der Waals surface area contributed by atoms with Gasteiger partial charge in [-0.2, -0.15) is 0 Å². The first-order chi connectivity index (χ1) is 12.1. The van der Waals surface area contributed by atoms with Crippen LogP contribution in [0.5, 0.6) is 0 Å². The van der Waals surface area contributed by atoms with Crippen LogP contribution in [0.25, 0.3) is 0 Å². The summed E-state index contributed by atoms with van der Waals surface area (Å²) in [6, 6.07) is 8.19. The number of hydrogen-bond acceptors (Lipinski definition) is 3. The SMILES string of the molecule is CC(CC(=O)NC1CCCN(c2ccccc2Cl)C1)C1CCNCC1.Cl.Cl. The summed E-state index contributed by atoms with van der Waals surface area (Å²) in [6.45, 7) is 6.25. The topological polar surface area (TPSA) is 44.4 Å². The van der Waals surface area contributed by atoms with Gasteiger partial charge in [-0.1, -0.05) is 30.7 Å². The molecule has 1 aromatic carbocycles. The molecule has 2 N–H and O–H groups in total. The van der Waals surface area contributed by atoms with E-state index >= 15 is 0 Å². The molecule has 27 heavy (non-hydrogen) atoms. The third-order valence-corrected chi connectivity index (χ3v) is 6.00. The number of anilines is 1. The summed E-state index contributed by atoms with van der Waals surface area (Å²) in [6.07, 6.45) is 5.16. The largest absolute Gasteiger partial charge is 0.368 e. The van der Waals surface area contributed by atoms with Crippen LogP contribution >= 0.6 is 36.4 Å². The molecule has 0 radical (unpaired) electrons. The Morgan fingerprint density at radius 1 is 1.26 bits per heavy atom. The number of amides is 1. The van der Waals surface area contributed by atoms with Crippen molar-refractivity contribution < 1.29 is 4.79 Å². The highest BCUT2D eigenvalue weighted by Gasteiger charge is 2.25. The third kappa shape index (κ3) is 7.01. The summed E-state index contributed by atoms with van der Waals surface area (Å²) in [5.74, 6) is 1.35. The molecule has 0 aromatic heterocycles. The molecular formula is C20H32Cl3N3O. The van der Waals surface area contributed by atoms with Gasteiger partial charge in [-0.3, -0.25) is 4.79 Å². The zero-order valence-electron chi connectivity index (χ0n) is 16.0. The normalized spacial score (nSPS) is 21.6. The lowest BCUT2D eigenvalue weighted by molar-refractivity contribution is -0.123. The summed E-state index contributed by atoms with van der Waals surface area (Å²) in [5.41, 5.74) is 1.08. The first-order valence-electron chi connectivity index (χ1n) is 9.63. The molecule has 2 aliphatic rings. The molecule has 4 nitrogen and oxygen atoms in total. The Balaban J connectivity index is 0.00000182. The Labute approximate surface area is 180 Å². The second-order valence-electron chi connectivity index (χ2n) is 7.57. The predicted molar refractivity (Wildman–Crippen MR) is 119 cm³/mol. The van der Waals surface area contributed by atoms with E-state index in [9.17, 15) is 4.79 Å². The summed E-state index contributed by atoms with van der Waals surface area (Å²) in [4.78, 5) is 14.8. The summed E-state index contributed by atoms with van der Waals surface area (Å²) in [5, 5.41) is 7.45. The Bertz CT molecular complexity index is 581. The number of halogens is 3. The lowest BCUT2D eigenvalue weighted by atomic mass is 9.84. The predicted octanol–water partition coefficient (Wildman–Crippen LogP) is 4.29. The fraction of sp³-hybridized carbons (Fsp3) is 0.650. The van der Waals surface area contributed by atoms with Gasteiger partial charge in [0.2, 0.25) is 5.91 Å². The van der Waals surface area contributed by atoms with Gasteiger partial charge in [0.15, 0.2) is 0 Å². The van der Waals surface area contributed by atoms with Crippen LogP contribution in [-0.2, 0) is 4.79 Å². The monoisotopic (exact) mass is 435 g/mol. The van der Waals surface area contributed by atoms with E-state index in [1.54, 1.807) is 0 Å². The number of nitrogens with one attached hydrogen (secondary N) is 2. The minimum absolute atomic E-state index is 0. The van der Waals surface area contributed by atoms with E-state index in [0.717, 1.165) is 49.7 Å². The van der Waals surface area contributed by atoms with Gasteiger partial charge in [-0.25, -0.2) is 0 Å². The van der Waals surface area contributed by atoms with E-state index in [-0.39, 0.29) is 36.8 Å². The van der Waals surface area contributed by atoms with Crippen LogP contribution in [-0.4, -0.2) is 38.1 Å². The molecule has 2 saturated heterocycles. The highest BCUT2D eigenvalue weighted by molar-refractivity contribution is 6.33. The Morgan fingerprint density at radius 3 is 2.67 bits per heavy atom. The molecule has 0 bridgehead atoms. The van der Waals surface area contributed by atoms with Crippen molar-refractivity contribution in [1.29, 1.82) is 0 Å². The van der Waals surface area contributed by atoms with Crippen molar-refractivity contribution in [2.45, 2.75) is 45.1 Å². The molecule has 2 fully saturated rings. The second kappa shape index (κ2) is 12.0. The second-order valence-corrected chi connectivity index (χ2v) is 7.98. The van der Waals surface area contributed by atoms with Crippen LogP contribution in [0.3, 0.4) is 0 Å². The Kier molecular flexibility index (Phi) is 10.8. The van der Waals surface area contributed by atoms with Gasteiger partial charge in [0.25, 0.3) is 0 Å². The van der Waals surface area contributed by atoms with Crippen molar-refractivity contribution in [1.82, 2.24) is 10.6 Å². The number of nitrogens with zero attached hydrogens (tertiary/aromatic N) is 1. The molecule has 2 heterocycles. The van der Waals surface area contributed by atoms with Gasteiger partial charge in [-0.15, -0.1) is 24.8 Å². The fourth-order valence-corrected chi connectivity index (χ4v) is 4.44. The molecule has 1 aromatic rings. The number of benzene rings is 1. The fourth-order valence-electron chi connectivity index (χ4n) is 4.18. The molecule has 0 spiro atoms. The smallest absolute Gasteiger partial charge is 0.220 e. The molecule has 1 amide bonds. The maximum atomic E-state index is 12.5. The minimum atomic E-state index is 0. The lowest BCUT2D eigenvalue weighted by Crippen LogP contribution is -2.48. The van der Waals surface area contributed by atoms with Crippen molar-refractivity contribution in [2.75, 3.05) is 31.1 Å². The van der Waals surface area contributed by atoms with Crippen molar-refractivity contribution in [3.05, 3.63) is 29.3 Å². The van der Waals surface area contributed by atoms with Crippen LogP contribution in [0, 0.1) is 11.8 Å². The Hall–Kier alpha value is -0.680. The number of hydrogen-bond donors (Lipinski definition) is 2. The number of piperidine rings is 2. The highest BCUT2D eigenvalue weighted by Crippen LogP contribution is 2.28. The molecule has 2 aliphatic heterocycles. The first kappa shape index (κ1) is 24.4. The highest BCUT2D eigenvalue weighted by atomic mass is 35.5. The minimum Gasteiger partial charge on any atom is -0.368 e. The van der Waals surface area contributed by atoms with Gasteiger partial charge in [0.1, 0.15) is 0 Å². The molecule has 7 heteroatoms. The summed E-state index contributed by atoms with van der Waals surface area (Å²) < 4.78 is 0. The van der Waals surface area contributed by atoms with Crippen LogP contribution in [0.15, 0.2) is 24.3 Å². The van der Waals surface area contributed by atoms with Crippen molar-refractivity contribution in [3.8, 4) is 0 Å². The molecule has 0 saturated carbocycles. The molecule has 2 unspecified atom stereocenters. The van der Waals surface area contributed by atoms with Gasteiger partial charge in [0, 0.05) is 25.6 Å². The van der Waals surface area contributed by atoms with Crippen LogP contribution < -0.4 is 15.5 Å². The molecule has 3 rings (SSSR count). The van der Waals surface area contributed by atoms with E-state index in [0.29, 0.717) is 18.3 Å². The van der Waals surface area contributed by atoms with E-state index in [4.69, 9.17) is 11.6 Å². The van der Waals surface area contributed by atoms with Crippen molar-refractivity contribution in [3.63, 3.8) is 0 Å². The van der Waals surface area contributed by atoms with Gasteiger partial charge in [-0.05, 0) is 62.7 Å². The molecular weight excluding hydrogens is 405 g/mol. The standard InChI is InChI=1S/C20H30ClN3O.2ClH/c1-15(16-8-10-22-11-9-16)13-20(25)23-17-5-4-12-24(14-17)19-7-3-2-6-18(19)21;;/h2-3,6-7,15-17,22H,4-5,8-14H2,1H3,(H,23,25);2*1H. The summed E-state index contributed by atoms with van der Waals surface area (Å²) >= 11 is 6.33. The lowest BCUT2D eigenvalue weighted by Gasteiger charge is -2.35. The Morgan fingerprint density at radius 2 is 1.96 bits per heavy atom. The van der Waals surface area contributed by atoms with E-state index in [1.807, 2.05) is 18.2 Å². The van der Waals surface area contributed by atoms with Crippen LogP contribution in [0.1, 0.15) is 39.0 Å².